The Morgan fingerprint density at radius 2 is 1.00 bits per heavy atom. The van der Waals surface area contributed by atoms with Crippen molar-refractivity contribution in [2.75, 3.05) is 50.0 Å². The Kier molecular flexibility index (Phi) is 15.7. The number of rotatable bonds is 16. The topological polar surface area (TPSA) is 263 Å². The van der Waals surface area contributed by atoms with E-state index in [1.165, 1.54) is 12.7 Å². The van der Waals surface area contributed by atoms with Gasteiger partial charge in [-0.05, 0) is 112 Å². The summed E-state index contributed by atoms with van der Waals surface area (Å²) in [6.45, 7) is 2.72. The van der Waals surface area contributed by atoms with Gasteiger partial charge in [-0.15, -0.1) is 0 Å². The number of aliphatic hydroxyl groups is 2. The van der Waals surface area contributed by atoms with Crippen LogP contribution >= 0.6 is 0 Å². The minimum Gasteiger partial charge on any atom is -0.396 e. The number of anilines is 2. The van der Waals surface area contributed by atoms with Gasteiger partial charge in [0.2, 0.25) is 0 Å². The smallest absolute Gasteiger partial charge is 0.396 e. The van der Waals surface area contributed by atoms with Gasteiger partial charge in [0.15, 0.2) is 0 Å². The van der Waals surface area contributed by atoms with E-state index in [4.69, 9.17) is 0 Å². The third-order valence-electron chi connectivity index (χ3n) is 16.6. The van der Waals surface area contributed by atoms with Crippen LogP contribution in [0.1, 0.15) is 86.7 Å². The minimum absolute atomic E-state index is 0.0000408. The highest BCUT2D eigenvalue weighted by Crippen LogP contribution is 2.47. The third kappa shape index (κ3) is 11.7. The lowest BCUT2D eigenvalue weighted by Crippen LogP contribution is -2.58. The number of hydrogen-bond donors (Lipinski definition) is 6. The second-order valence-corrected chi connectivity index (χ2v) is 21.9. The van der Waals surface area contributed by atoms with Crippen LogP contribution in [0.5, 0.6) is 0 Å². The summed E-state index contributed by atoms with van der Waals surface area (Å²) < 4.78 is 83.9. The second-order valence-electron chi connectivity index (χ2n) is 21.9. The molecule has 2 saturated carbocycles. The Morgan fingerprint density at radius 1 is 0.598 bits per heavy atom. The van der Waals surface area contributed by atoms with Gasteiger partial charge in [0.25, 0.3) is 0 Å². The van der Waals surface area contributed by atoms with Crippen molar-refractivity contribution in [3.05, 3.63) is 109 Å². The molecule has 0 bridgehead atoms. The Balaban J connectivity index is 0.000000172. The van der Waals surface area contributed by atoms with Gasteiger partial charge < -0.3 is 40.6 Å². The normalized spacial score (nSPS) is 22.0. The first-order valence-electron chi connectivity index (χ1n) is 27.4. The summed E-state index contributed by atoms with van der Waals surface area (Å²) in [7, 11) is 0. The number of nitrogens with zero attached hydrogens (tertiary/aromatic N) is 14. The molecule has 2 aliphatic heterocycles. The predicted octanol–water partition coefficient (Wildman–Crippen LogP) is 8.24. The molecular formula is C56H60F6N18O2. The molecule has 6 N–H and O–H groups in total. The number of nitriles is 2. The number of hydrogen-bond acceptors (Lipinski definition) is 16. The van der Waals surface area contributed by atoms with E-state index in [1.54, 1.807) is 24.5 Å². The average molecular weight is 1130 g/mol. The first-order valence-corrected chi connectivity index (χ1v) is 27.4. The number of nitrogens with one attached hydrogen (secondary N) is 4. The summed E-state index contributed by atoms with van der Waals surface area (Å²) in [6, 6.07) is 14.3. The van der Waals surface area contributed by atoms with Crippen molar-refractivity contribution in [3.63, 3.8) is 0 Å². The quantitative estimate of drug-likeness (QED) is 0.0498. The number of aliphatic hydroxyl groups excluding tert-OH is 2. The van der Waals surface area contributed by atoms with Gasteiger partial charge in [-0.1, -0.05) is 0 Å². The fourth-order valence-corrected chi connectivity index (χ4v) is 12.3. The average Bonchev–Trinajstić information content (AvgIpc) is 2.16. The monoisotopic (exact) mass is 1130 g/mol. The van der Waals surface area contributed by atoms with E-state index in [1.807, 2.05) is 46.3 Å². The molecule has 26 heteroatoms. The number of pyridine rings is 2. The number of likely N-dealkylation sites (tertiary alicyclic amines) is 2. The van der Waals surface area contributed by atoms with Crippen LogP contribution in [0.2, 0.25) is 0 Å². The Bertz CT molecular complexity index is 3350. The molecule has 82 heavy (non-hydrogen) atoms. The molecule has 428 valence electrons. The molecule has 12 rings (SSSR count). The fraction of sp³-hybridized carbons (Fsp3) is 0.464. The minimum atomic E-state index is -4.55. The summed E-state index contributed by atoms with van der Waals surface area (Å²) in [5.74, 6) is 0.377. The maximum absolute atomic E-state index is 13.3. The number of H-pyrrole nitrogens is 2. The molecule has 0 spiro atoms. The molecule has 8 aromatic rings. The largest absolute Gasteiger partial charge is 0.433 e. The molecule has 10 heterocycles. The molecular weight excluding hydrogens is 1070 g/mol. The van der Waals surface area contributed by atoms with E-state index in [9.17, 15) is 47.1 Å². The lowest BCUT2D eigenvalue weighted by molar-refractivity contribution is -0.141. The molecule has 0 unspecified atom stereocenters. The molecule has 2 aliphatic carbocycles. The summed E-state index contributed by atoms with van der Waals surface area (Å²) in [5.41, 5.74) is 2.95. The van der Waals surface area contributed by atoms with Crippen molar-refractivity contribution < 1.29 is 36.6 Å². The summed E-state index contributed by atoms with van der Waals surface area (Å²) in [4.78, 5) is 36.0. The van der Waals surface area contributed by atoms with E-state index in [0.717, 1.165) is 134 Å². The lowest BCUT2D eigenvalue weighted by atomic mass is 9.69. The molecule has 0 amide bonds. The number of aromatic nitrogens is 12. The van der Waals surface area contributed by atoms with Crippen molar-refractivity contribution in [2.24, 2.45) is 0 Å². The van der Waals surface area contributed by atoms with Crippen LogP contribution in [0.25, 0.3) is 44.6 Å². The molecule has 4 fully saturated rings. The van der Waals surface area contributed by atoms with Crippen molar-refractivity contribution in [1.29, 1.82) is 10.5 Å². The first-order chi connectivity index (χ1) is 39.6. The third-order valence-corrected chi connectivity index (χ3v) is 16.6. The van der Waals surface area contributed by atoms with Crippen molar-refractivity contribution >= 4 is 33.7 Å². The van der Waals surface area contributed by atoms with Crippen LogP contribution in [0.4, 0.5) is 38.0 Å². The summed E-state index contributed by atoms with van der Waals surface area (Å²) in [5, 5.41) is 55.2. The van der Waals surface area contributed by atoms with Gasteiger partial charge >= 0.3 is 12.4 Å². The van der Waals surface area contributed by atoms with Gasteiger partial charge in [-0.25, -0.2) is 29.9 Å². The molecule has 0 aromatic carbocycles. The van der Waals surface area contributed by atoms with Gasteiger partial charge in [-0.3, -0.25) is 9.36 Å². The first kappa shape index (κ1) is 55.8. The lowest BCUT2D eigenvalue weighted by Gasteiger charge is -2.52. The number of piperidine rings is 2. The van der Waals surface area contributed by atoms with E-state index >= 15 is 0 Å². The van der Waals surface area contributed by atoms with Crippen molar-refractivity contribution in [2.45, 2.75) is 125 Å². The fourth-order valence-electron chi connectivity index (χ4n) is 12.3. The Labute approximate surface area is 466 Å². The summed E-state index contributed by atoms with van der Waals surface area (Å²) in [6.07, 6.45) is 12.3. The summed E-state index contributed by atoms with van der Waals surface area (Å²) >= 11 is 0. The second kappa shape index (κ2) is 23.1. The maximum atomic E-state index is 13.3. The molecule has 2 saturated heterocycles. The van der Waals surface area contributed by atoms with Crippen molar-refractivity contribution in [3.8, 4) is 34.7 Å². The van der Waals surface area contributed by atoms with Gasteiger partial charge in [0.1, 0.15) is 47.0 Å². The number of fused-ring (bicyclic) bond motifs is 2. The Morgan fingerprint density at radius 3 is 1.37 bits per heavy atom. The molecule has 8 aromatic heterocycles. The van der Waals surface area contributed by atoms with Gasteiger partial charge in [0.05, 0.1) is 59.8 Å². The van der Waals surface area contributed by atoms with Crippen LogP contribution in [-0.4, -0.2) is 143 Å². The van der Waals surface area contributed by atoms with Crippen LogP contribution < -0.4 is 10.6 Å². The number of halogens is 6. The molecule has 20 nitrogen and oxygen atoms in total. The highest BCUT2D eigenvalue weighted by molar-refractivity contribution is 5.90. The highest BCUT2D eigenvalue weighted by atomic mass is 19.4. The van der Waals surface area contributed by atoms with Gasteiger partial charge in [-0.2, -0.15) is 47.1 Å². The zero-order chi connectivity index (χ0) is 57.2. The molecule has 0 atom stereocenters. The zero-order valence-electron chi connectivity index (χ0n) is 44.5. The number of aromatic amines is 2. The van der Waals surface area contributed by atoms with E-state index in [0.29, 0.717) is 36.1 Å². The Hall–Kier alpha value is -8.04. The van der Waals surface area contributed by atoms with Crippen LogP contribution in [-0.2, 0) is 36.3 Å². The zero-order valence-corrected chi connectivity index (χ0v) is 44.5. The van der Waals surface area contributed by atoms with Crippen molar-refractivity contribution in [1.82, 2.24) is 69.2 Å². The van der Waals surface area contributed by atoms with Gasteiger partial charge in [0, 0.05) is 110 Å². The molecule has 0 radical (unpaired) electrons. The SMILES string of the molecule is N#CCC1(n2cc(-c3ncnc4[nH]ccc34)cn2)CC(N2CCC(Nc3cc(CCO)cc(C(F)(F)F)n3)CC2)C1.N#CCC1(n2cc(-c3ncnc4[nH]ccc34)cn2)CC(N2CCC(Nc3cc(CCO)cc(C(F)(F)F)n3)CC2)C1. The maximum Gasteiger partial charge on any atom is 0.433 e. The predicted molar refractivity (Wildman–Crippen MR) is 289 cm³/mol. The molecule has 4 aliphatic rings. The standard InChI is InChI=1S/2C28H30F3N9O/c2*29-28(30,31)23-11-18(4-10-41)12-24(38-23)37-20-2-8-39(9-3-20)21-13-27(14-21,5-6-32)40-16-19(15-36-40)25-22-1-7-33-26(22)35-17-34-25/h2*1,7,11-12,15-17,20-21,41H,2-5,8-10,13-14H2,(H,37,38)(H,33,34,35). The van der Waals surface area contributed by atoms with Crippen LogP contribution in [0.15, 0.2) is 86.2 Å². The van der Waals surface area contributed by atoms with Crippen LogP contribution in [0, 0.1) is 22.7 Å². The van der Waals surface area contributed by atoms with E-state index in [2.05, 4.69) is 82.6 Å². The van der Waals surface area contributed by atoms with E-state index in [-0.39, 0.29) is 60.9 Å². The number of alkyl halides is 6. The van der Waals surface area contributed by atoms with Crippen LogP contribution in [0.3, 0.4) is 0 Å². The van der Waals surface area contributed by atoms with E-state index < -0.39 is 23.7 Å². The highest BCUT2D eigenvalue weighted by Gasteiger charge is 2.51.